The van der Waals surface area contributed by atoms with Gasteiger partial charge in [-0.05, 0) is 13.3 Å². The van der Waals surface area contributed by atoms with E-state index in [0.29, 0.717) is 0 Å². The van der Waals surface area contributed by atoms with Crippen molar-refractivity contribution in [2.45, 2.75) is 57.8 Å². The van der Waals surface area contributed by atoms with Crippen LogP contribution in [-0.2, 0) is 14.3 Å². The molecule has 2 rings (SSSR count). The first-order valence-electron chi connectivity index (χ1n) is 7.41. The zero-order chi connectivity index (χ0) is 14.7. The molecule has 2 N–H and O–H groups in total. The van der Waals surface area contributed by atoms with Crippen molar-refractivity contribution in [1.29, 1.82) is 0 Å². The van der Waals surface area contributed by atoms with Gasteiger partial charge in [-0.15, -0.1) is 0 Å². The van der Waals surface area contributed by atoms with Crippen LogP contribution in [0.2, 0.25) is 0 Å². The SMILES string of the molecule is CCCCC[C@H](C)NC(=O)[C@@H]1[C@H](C(=O)O)[C@H]2C=C[C@H]1O2. The molecule has 2 heterocycles. The van der Waals surface area contributed by atoms with Crippen molar-refractivity contribution in [2.24, 2.45) is 11.8 Å². The lowest BCUT2D eigenvalue weighted by molar-refractivity contribution is -0.146. The fraction of sp³-hybridized carbons (Fsp3) is 0.733. The van der Waals surface area contributed by atoms with Gasteiger partial charge in [0.25, 0.3) is 0 Å². The number of hydrogen-bond donors (Lipinski definition) is 2. The van der Waals surface area contributed by atoms with Crippen molar-refractivity contribution in [3.8, 4) is 0 Å². The summed E-state index contributed by atoms with van der Waals surface area (Å²) in [5.74, 6) is -2.51. The summed E-state index contributed by atoms with van der Waals surface area (Å²) in [5, 5.41) is 12.2. The van der Waals surface area contributed by atoms with E-state index in [1.54, 1.807) is 12.2 Å². The third-order valence-electron chi connectivity index (χ3n) is 4.12. The molecule has 112 valence electrons. The Morgan fingerprint density at radius 3 is 2.50 bits per heavy atom. The van der Waals surface area contributed by atoms with E-state index < -0.39 is 23.9 Å². The van der Waals surface area contributed by atoms with Gasteiger partial charge in [-0.25, -0.2) is 0 Å². The standard InChI is InChI=1S/C15H23NO4/c1-3-4-5-6-9(2)16-14(17)12-10-7-8-11(20-10)13(12)15(18)19/h7-13H,3-6H2,1-2H3,(H,16,17)(H,18,19)/t9-,10+,11+,12-,13+/m0/s1. The van der Waals surface area contributed by atoms with Gasteiger partial charge in [-0.2, -0.15) is 0 Å². The molecule has 0 aromatic carbocycles. The second-order valence-corrected chi connectivity index (χ2v) is 5.75. The van der Waals surface area contributed by atoms with Gasteiger partial charge in [0.1, 0.15) is 5.92 Å². The minimum Gasteiger partial charge on any atom is -0.481 e. The number of unbranched alkanes of at least 4 members (excludes halogenated alkanes) is 2. The summed E-state index contributed by atoms with van der Waals surface area (Å²) in [6.45, 7) is 4.10. The quantitative estimate of drug-likeness (QED) is 0.550. The number of fused-ring (bicyclic) bond motifs is 2. The van der Waals surface area contributed by atoms with Crippen molar-refractivity contribution >= 4 is 11.9 Å². The Morgan fingerprint density at radius 2 is 1.90 bits per heavy atom. The lowest BCUT2D eigenvalue weighted by Gasteiger charge is -2.23. The van der Waals surface area contributed by atoms with E-state index in [1.807, 2.05) is 6.92 Å². The van der Waals surface area contributed by atoms with Gasteiger partial charge < -0.3 is 15.2 Å². The molecule has 5 atom stereocenters. The Kier molecular flexibility index (Phi) is 4.81. The maximum absolute atomic E-state index is 12.3. The monoisotopic (exact) mass is 281 g/mol. The van der Waals surface area contributed by atoms with Crippen molar-refractivity contribution in [3.05, 3.63) is 12.2 Å². The summed E-state index contributed by atoms with van der Waals surface area (Å²) in [6, 6.07) is 0.0756. The third-order valence-corrected chi connectivity index (χ3v) is 4.12. The zero-order valence-electron chi connectivity index (χ0n) is 12.0. The third kappa shape index (κ3) is 3.03. The normalized spacial score (nSPS) is 32.3. The summed E-state index contributed by atoms with van der Waals surface area (Å²) in [6.07, 6.45) is 7.01. The number of nitrogens with one attached hydrogen (secondary N) is 1. The lowest BCUT2D eigenvalue weighted by atomic mass is 9.82. The smallest absolute Gasteiger partial charge is 0.310 e. The van der Waals surface area contributed by atoms with Crippen LogP contribution in [0.25, 0.3) is 0 Å². The molecule has 0 unspecified atom stereocenters. The second kappa shape index (κ2) is 6.39. The van der Waals surface area contributed by atoms with Crippen LogP contribution in [0.1, 0.15) is 39.5 Å². The molecule has 2 bridgehead atoms. The summed E-state index contributed by atoms with van der Waals surface area (Å²) in [7, 11) is 0. The van der Waals surface area contributed by atoms with E-state index in [-0.39, 0.29) is 18.1 Å². The number of carboxylic acids is 1. The minimum absolute atomic E-state index is 0.0756. The van der Waals surface area contributed by atoms with Crippen LogP contribution >= 0.6 is 0 Å². The topological polar surface area (TPSA) is 75.6 Å². The number of carbonyl (C=O) groups excluding carboxylic acids is 1. The first-order valence-corrected chi connectivity index (χ1v) is 7.41. The van der Waals surface area contributed by atoms with Crippen LogP contribution in [0, 0.1) is 11.8 Å². The first-order chi connectivity index (χ1) is 9.54. The number of carbonyl (C=O) groups is 2. The van der Waals surface area contributed by atoms with Crippen molar-refractivity contribution in [1.82, 2.24) is 5.32 Å². The summed E-state index contributed by atoms with van der Waals surface area (Å²) in [5.41, 5.74) is 0. The van der Waals surface area contributed by atoms with Crippen LogP contribution in [0.4, 0.5) is 0 Å². The highest BCUT2D eigenvalue weighted by atomic mass is 16.5. The number of rotatable bonds is 7. The molecular weight excluding hydrogens is 258 g/mol. The highest BCUT2D eigenvalue weighted by Crippen LogP contribution is 2.39. The molecule has 5 heteroatoms. The van der Waals surface area contributed by atoms with Gasteiger partial charge in [0.2, 0.25) is 5.91 Å². The van der Waals surface area contributed by atoms with Gasteiger partial charge >= 0.3 is 5.97 Å². The maximum atomic E-state index is 12.3. The second-order valence-electron chi connectivity index (χ2n) is 5.75. The summed E-state index contributed by atoms with van der Waals surface area (Å²) < 4.78 is 5.51. The Balaban J connectivity index is 1.91. The Bertz CT molecular complexity index is 407. The van der Waals surface area contributed by atoms with Gasteiger partial charge in [0.15, 0.2) is 0 Å². The maximum Gasteiger partial charge on any atom is 0.310 e. The molecule has 0 aromatic rings. The van der Waals surface area contributed by atoms with Crippen molar-refractivity contribution in [3.63, 3.8) is 0 Å². The van der Waals surface area contributed by atoms with E-state index in [4.69, 9.17) is 4.74 Å². The number of carboxylic acid groups (broad SMARTS) is 1. The van der Waals surface area contributed by atoms with Gasteiger partial charge in [0.05, 0.1) is 18.1 Å². The number of aliphatic carboxylic acids is 1. The van der Waals surface area contributed by atoms with Crippen LogP contribution in [0.3, 0.4) is 0 Å². The molecule has 0 aromatic heterocycles. The average molecular weight is 281 g/mol. The molecule has 1 saturated heterocycles. The molecule has 1 amide bonds. The van der Waals surface area contributed by atoms with Gasteiger partial charge in [-0.1, -0.05) is 38.3 Å². The highest BCUT2D eigenvalue weighted by Gasteiger charge is 2.53. The molecule has 5 nitrogen and oxygen atoms in total. The molecular formula is C15H23NO4. The van der Waals surface area contributed by atoms with Gasteiger partial charge in [-0.3, -0.25) is 9.59 Å². The van der Waals surface area contributed by atoms with E-state index in [0.717, 1.165) is 25.7 Å². The summed E-state index contributed by atoms with van der Waals surface area (Å²) in [4.78, 5) is 23.6. The molecule has 20 heavy (non-hydrogen) atoms. The van der Waals surface area contributed by atoms with E-state index in [2.05, 4.69) is 12.2 Å². The molecule has 0 aliphatic carbocycles. The summed E-state index contributed by atoms with van der Waals surface area (Å²) >= 11 is 0. The van der Waals surface area contributed by atoms with Crippen molar-refractivity contribution in [2.75, 3.05) is 0 Å². The fourth-order valence-corrected chi connectivity index (χ4v) is 3.03. The Hall–Kier alpha value is -1.36. The number of ether oxygens (including phenoxy) is 1. The molecule has 2 aliphatic rings. The molecule has 0 spiro atoms. The zero-order valence-corrected chi connectivity index (χ0v) is 12.0. The molecule has 2 aliphatic heterocycles. The Labute approximate surface area is 119 Å². The van der Waals surface area contributed by atoms with Crippen molar-refractivity contribution < 1.29 is 19.4 Å². The van der Waals surface area contributed by atoms with Gasteiger partial charge in [0, 0.05) is 6.04 Å². The lowest BCUT2D eigenvalue weighted by Crippen LogP contribution is -2.45. The predicted molar refractivity (Wildman–Crippen MR) is 74.2 cm³/mol. The molecule has 1 fully saturated rings. The van der Waals surface area contributed by atoms with Crippen LogP contribution in [0.5, 0.6) is 0 Å². The predicted octanol–water partition coefficient (Wildman–Crippen LogP) is 1.73. The highest BCUT2D eigenvalue weighted by molar-refractivity contribution is 5.87. The first kappa shape index (κ1) is 15.0. The Morgan fingerprint density at radius 1 is 1.25 bits per heavy atom. The fourth-order valence-electron chi connectivity index (χ4n) is 3.03. The molecule has 0 radical (unpaired) electrons. The van der Waals surface area contributed by atoms with E-state index >= 15 is 0 Å². The average Bonchev–Trinajstić information content (AvgIpc) is 2.98. The number of hydrogen-bond acceptors (Lipinski definition) is 3. The number of amides is 1. The van der Waals surface area contributed by atoms with E-state index in [1.165, 1.54) is 0 Å². The largest absolute Gasteiger partial charge is 0.481 e. The van der Waals surface area contributed by atoms with E-state index in [9.17, 15) is 14.7 Å². The minimum atomic E-state index is -0.958. The van der Waals surface area contributed by atoms with Crippen LogP contribution in [0.15, 0.2) is 12.2 Å². The molecule has 0 saturated carbocycles. The van der Waals surface area contributed by atoms with Crippen LogP contribution in [-0.4, -0.2) is 35.2 Å². The van der Waals surface area contributed by atoms with Crippen LogP contribution < -0.4 is 5.32 Å².